The van der Waals surface area contributed by atoms with Crippen molar-refractivity contribution in [1.29, 1.82) is 0 Å². The van der Waals surface area contributed by atoms with Crippen molar-refractivity contribution in [2.45, 2.75) is 53.9 Å². The molecule has 16 heteroatoms. The Kier molecular flexibility index (Phi) is 8.30. The smallest absolute Gasteiger partial charge is 0.339 e. The van der Waals surface area contributed by atoms with Crippen LogP contribution in [0, 0.1) is 23.6 Å². The van der Waals surface area contributed by atoms with Gasteiger partial charge < -0.3 is 14.6 Å². The molecule has 4 atom stereocenters. The number of alkyl halides is 7. The molecule has 2 aliphatic carbocycles. The summed E-state index contributed by atoms with van der Waals surface area (Å²) in [6, 6.07) is 4.69. The molecule has 2 aromatic carbocycles. The Morgan fingerprint density at radius 1 is 0.891 bits per heavy atom. The normalized spacial score (nSPS) is 25.5. The molecule has 250 valence electrons. The number of hydrogen-bond donors (Lipinski definition) is 0. The first-order valence-electron chi connectivity index (χ1n) is 14.3. The maximum Gasteiger partial charge on any atom is 0.435 e. The van der Waals surface area contributed by atoms with Gasteiger partial charge in [-0.25, -0.2) is 17.2 Å². The van der Waals surface area contributed by atoms with Gasteiger partial charge in [-0.3, -0.25) is 9.59 Å². The van der Waals surface area contributed by atoms with Crippen LogP contribution in [0.4, 0.5) is 35.1 Å². The fourth-order valence-corrected chi connectivity index (χ4v) is 10.1. The number of nitrogens with zero attached hydrogens (tertiary/aromatic N) is 2. The van der Waals surface area contributed by atoms with Crippen LogP contribution in [0.25, 0.3) is 0 Å². The summed E-state index contributed by atoms with van der Waals surface area (Å²) >= 11 is 0. The Hall–Kier alpha value is -3.56. The lowest BCUT2D eigenvalue weighted by molar-refractivity contribution is -0.348. The molecule has 1 saturated heterocycles. The van der Waals surface area contributed by atoms with Gasteiger partial charge >= 0.3 is 18.0 Å². The average Bonchev–Trinajstić information content (AvgIpc) is 3.35. The molecule has 0 bridgehead atoms. The Bertz CT molecular complexity index is 1640. The Labute approximate surface area is 258 Å². The summed E-state index contributed by atoms with van der Waals surface area (Å²) in [5.41, 5.74) is -8.27. The van der Waals surface area contributed by atoms with Gasteiger partial charge in [0, 0.05) is 50.5 Å². The molecule has 0 spiro atoms. The zero-order valence-corrected chi connectivity index (χ0v) is 25.0. The maximum atomic E-state index is 15.1. The minimum Gasteiger partial charge on any atom is -0.339 e. The third-order valence-electron chi connectivity index (χ3n) is 9.61. The van der Waals surface area contributed by atoms with Crippen molar-refractivity contribution in [2.24, 2.45) is 17.8 Å². The van der Waals surface area contributed by atoms with Gasteiger partial charge in [0.05, 0.1) is 4.90 Å². The third kappa shape index (κ3) is 4.89. The number of amides is 2. The number of sulfone groups is 1. The molecule has 2 fully saturated rings. The van der Waals surface area contributed by atoms with Crippen LogP contribution in [0.5, 0.6) is 0 Å². The number of hydrogen-bond acceptors (Lipinski definition) is 5. The van der Waals surface area contributed by atoms with Crippen LogP contribution in [-0.4, -0.2) is 74.8 Å². The number of piperazine rings is 1. The molecular formula is C30H28F8N2O5S. The number of aldehydes is 1. The van der Waals surface area contributed by atoms with E-state index in [-0.39, 0.29) is 68.5 Å². The van der Waals surface area contributed by atoms with Crippen LogP contribution in [0.15, 0.2) is 47.4 Å². The number of carbonyl (C=O) groups is 3. The monoisotopic (exact) mass is 680 g/mol. The summed E-state index contributed by atoms with van der Waals surface area (Å²) in [7, 11) is -4.83. The molecule has 2 aromatic rings. The second kappa shape index (κ2) is 11.3. The van der Waals surface area contributed by atoms with E-state index in [0.29, 0.717) is 18.4 Å². The van der Waals surface area contributed by atoms with Gasteiger partial charge in [0.15, 0.2) is 9.84 Å². The minimum atomic E-state index is -6.42. The number of rotatable bonds is 5. The summed E-state index contributed by atoms with van der Waals surface area (Å²) in [6.45, 7) is 1.98. The molecule has 0 radical (unpaired) electrons. The van der Waals surface area contributed by atoms with E-state index >= 15 is 4.39 Å². The van der Waals surface area contributed by atoms with E-state index in [1.807, 2.05) is 0 Å². The summed E-state index contributed by atoms with van der Waals surface area (Å²) in [5, 5.41) is 0. The van der Waals surface area contributed by atoms with Gasteiger partial charge in [-0.2, -0.15) is 26.3 Å². The highest BCUT2D eigenvalue weighted by atomic mass is 32.2. The number of aryl methyl sites for hydroxylation is 1. The van der Waals surface area contributed by atoms with Crippen LogP contribution < -0.4 is 0 Å². The van der Waals surface area contributed by atoms with E-state index in [0.717, 1.165) is 24.3 Å². The standard InChI is InChI=1S/C30H28F8N2O5S/c1-17(42)39-10-12-40(13-11-39)26(43)23-15-20(16-41)27(46(44,45)22-6-4-21(31)5-7-22)24-9-3-19(14-18(24)2-8-25(23)27)28(32,29(33,34)35)30(36,37)38/h3-7,9,14,16,20,23,25H,2,8,10-13,15H2,1H3/t20?,23-,25+,27+/m1/s1. The average molecular weight is 681 g/mol. The second-order valence-corrected chi connectivity index (χ2v) is 14.0. The quantitative estimate of drug-likeness (QED) is 0.256. The molecule has 3 aliphatic rings. The first-order chi connectivity index (χ1) is 21.3. The van der Waals surface area contributed by atoms with Gasteiger partial charge in [0.25, 0.3) is 0 Å². The van der Waals surface area contributed by atoms with Crippen molar-refractivity contribution in [3.8, 4) is 0 Å². The van der Waals surface area contributed by atoms with Gasteiger partial charge in [-0.15, -0.1) is 0 Å². The van der Waals surface area contributed by atoms with E-state index in [1.54, 1.807) is 0 Å². The first-order valence-corrected chi connectivity index (χ1v) is 15.8. The first kappa shape index (κ1) is 33.8. The van der Waals surface area contributed by atoms with E-state index < -0.39 is 72.5 Å². The van der Waals surface area contributed by atoms with Crippen molar-refractivity contribution in [1.82, 2.24) is 9.80 Å². The van der Waals surface area contributed by atoms with Crippen molar-refractivity contribution < 1.29 is 57.9 Å². The van der Waals surface area contributed by atoms with Crippen molar-refractivity contribution >= 4 is 27.9 Å². The van der Waals surface area contributed by atoms with Crippen molar-refractivity contribution in [2.75, 3.05) is 26.2 Å². The zero-order valence-electron chi connectivity index (χ0n) is 24.2. The van der Waals surface area contributed by atoms with E-state index in [9.17, 15) is 53.5 Å². The molecule has 0 aromatic heterocycles. The van der Waals surface area contributed by atoms with Crippen LogP contribution in [0.1, 0.15) is 36.5 Å². The minimum absolute atomic E-state index is 0.110. The Morgan fingerprint density at radius 3 is 1.98 bits per heavy atom. The molecule has 46 heavy (non-hydrogen) atoms. The van der Waals surface area contributed by atoms with Gasteiger partial charge in [0.2, 0.25) is 11.8 Å². The van der Waals surface area contributed by atoms with Crippen LogP contribution in [0.3, 0.4) is 0 Å². The summed E-state index contributed by atoms with van der Waals surface area (Å²) < 4.78 is 137. The fourth-order valence-electron chi connectivity index (χ4n) is 7.45. The van der Waals surface area contributed by atoms with E-state index in [4.69, 9.17) is 0 Å². The summed E-state index contributed by atoms with van der Waals surface area (Å²) in [4.78, 5) is 40.8. The number of carbonyl (C=O) groups excluding carboxylic acids is 3. The second-order valence-electron chi connectivity index (χ2n) is 11.8. The summed E-state index contributed by atoms with van der Waals surface area (Å²) in [6.07, 6.45) is -13.5. The van der Waals surface area contributed by atoms with Gasteiger partial charge in [-0.05, 0) is 60.6 Å². The molecule has 1 unspecified atom stereocenters. The Balaban J connectivity index is 1.69. The van der Waals surface area contributed by atoms with Crippen LogP contribution in [-0.2, 0) is 41.1 Å². The number of fused-ring (bicyclic) bond motifs is 3. The van der Waals surface area contributed by atoms with Crippen LogP contribution in [0.2, 0.25) is 0 Å². The molecule has 1 aliphatic heterocycles. The maximum absolute atomic E-state index is 15.1. The highest BCUT2D eigenvalue weighted by Gasteiger charge is 2.74. The lowest BCUT2D eigenvalue weighted by Crippen LogP contribution is -2.54. The van der Waals surface area contributed by atoms with E-state index in [1.165, 1.54) is 16.7 Å². The zero-order chi connectivity index (χ0) is 34.0. The third-order valence-corrected chi connectivity index (χ3v) is 12.2. The molecular weight excluding hydrogens is 652 g/mol. The lowest BCUT2D eigenvalue weighted by atomic mass is 9.70. The number of halogens is 8. The largest absolute Gasteiger partial charge is 0.435 e. The fraction of sp³-hybridized carbons (Fsp3) is 0.500. The number of benzene rings is 2. The molecule has 7 nitrogen and oxygen atoms in total. The Morgan fingerprint density at radius 2 is 1.46 bits per heavy atom. The predicted molar refractivity (Wildman–Crippen MR) is 145 cm³/mol. The van der Waals surface area contributed by atoms with Crippen molar-refractivity contribution in [3.05, 3.63) is 65.0 Å². The molecule has 2 amide bonds. The van der Waals surface area contributed by atoms with Crippen molar-refractivity contribution in [3.63, 3.8) is 0 Å². The highest BCUT2D eigenvalue weighted by Crippen LogP contribution is 2.62. The van der Waals surface area contributed by atoms with Gasteiger partial charge in [-0.1, -0.05) is 18.2 Å². The highest BCUT2D eigenvalue weighted by molar-refractivity contribution is 7.92. The van der Waals surface area contributed by atoms with Gasteiger partial charge in [0.1, 0.15) is 16.9 Å². The molecule has 1 heterocycles. The molecule has 5 rings (SSSR count). The summed E-state index contributed by atoms with van der Waals surface area (Å²) in [5.74, 6) is -5.35. The predicted octanol–water partition coefficient (Wildman–Crippen LogP) is 4.87. The molecule has 0 N–H and O–H groups in total. The van der Waals surface area contributed by atoms with Crippen LogP contribution >= 0.6 is 0 Å². The van der Waals surface area contributed by atoms with E-state index in [2.05, 4.69) is 0 Å². The topological polar surface area (TPSA) is 91.8 Å². The SMILES string of the molecule is CC(=O)N1CCN(C(=O)[C@@H]2CC(C=O)[C@]3(S(=O)(=O)c4ccc(F)cc4)c4ccc(C(F)(C(F)(F)F)C(F)(F)F)cc4CC[C@@H]23)CC1. The molecule has 1 saturated carbocycles. The lowest BCUT2D eigenvalue weighted by Gasteiger charge is -2.45.